The highest BCUT2D eigenvalue weighted by molar-refractivity contribution is 5.77. The molecule has 2 atom stereocenters. The van der Waals surface area contributed by atoms with Gasteiger partial charge in [0.15, 0.2) is 0 Å². The summed E-state index contributed by atoms with van der Waals surface area (Å²) < 4.78 is 6.08. The average Bonchev–Trinajstić information content (AvgIpc) is 3.33. The fourth-order valence-electron chi connectivity index (χ4n) is 4.60. The molecule has 0 aliphatic carbocycles. The zero-order valence-corrected chi connectivity index (χ0v) is 19.7. The maximum Gasteiger partial charge on any atom is 0.269 e. The van der Waals surface area contributed by atoms with Crippen molar-refractivity contribution in [2.45, 2.75) is 45.3 Å². The summed E-state index contributed by atoms with van der Waals surface area (Å²) in [6.07, 6.45) is 5.45. The molecular formula is C24H31N7O3. The number of aromatic nitrogens is 3. The highest BCUT2D eigenvalue weighted by atomic mass is 16.5. The zero-order chi connectivity index (χ0) is 24.1. The van der Waals surface area contributed by atoms with Crippen molar-refractivity contribution in [3.63, 3.8) is 0 Å². The van der Waals surface area contributed by atoms with Crippen LogP contribution in [-0.2, 0) is 9.53 Å². The maximum absolute atomic E-state index is 12.8. The van der Waals surface area contributed by atoms with Gasteiger partial charge in [-0.1, -0.05) is 0 Å². The van der Waals surface area contributed by atoms with Crippen LogP contribution in [0, 0.1) is 18.3 Å². The predicted octanol–water partition coefficient (Wildman–Crippen LogP) is 1.46. The number of carbonyl (C=O) groups excluding carboxylic acids is 1. The summed E-state index contributed by atoms with van der Waals surface area (Å²) in [6, 6.07) is 5.86. The Bertz CT molecular complexity index is 1090. The van der Waals surface area contributed by atoms with Crippen LogP contribution in [0.15, 0.2) is 29.3 Å². The zero-order valence-electron chi connectivity index (χ0n) is 19.7. The van der Waals surface area contributed by atoms with E-state index in [2.05, 4.69) is 31.1 Å². The molecule has 0 spiro atoms. The average molecular weight is 466 g/mol. The van der Waals surface area contributed by atoms with Gasteiger partial charge in [0, 0.05) is 44.5 Å². The first-order valence-corrected chi connectivity index (χ1v) is 11.8. The Hall–Kier alpha value is -3.45. The Morgan fingerprint density at radius 3 is 2.76 bits per heavy atom. The fraction of sp³-hybridized carbons (Fsp3) is 0.542. The molecule has 0 radical (unpaired) electrons. The molecule has 34 heavy (non-hydrogen) atoms. The summed E-state index contributed by atoms with van der Waals surface area (Å²) in [5.74, 6) is 0.924. The van der Waals surface area contributed by atoms with Gasteiger partial charge in [-0.3, -0.25) is 9.59 Å². The van der Waals surface area contributed by atoms with Gasteiger partial charge < -0.3 is 19.4 Å². The van der Waals surface area contributed by atoms with E-state index in [0.717, 1.165) is 30.9 Å². The SMILES string of the molecule is Cc1c(N2CCC[C@H]2CO[C@@H](C)CC(=O)N2CCN(c3ccc(C#N)cn3)CC2)cn[nH]c1=O. The van der Waals surface area contributed by atoms with Crippen LogP contribution in [-0.4, -0.2) is 77.5 Å². The molecule has 2 aromatic heterocycles. The number of nitrogens with zero attached hydrogens (tertiary/aromatic N) is 6. The summed E-state index contributed by atoms with van der Waals surface area (Å²) in [5, 5.41) is 15.3. The van der Waals surface area contributed by atoms with Gasteiger partial charge in [-0.2, -0.15) is 10.4 Å². The lowest BCUT2D eigenvalue weighted by molar-refractivity contribution is -0.134. The molecule has 4 heterocycles. The molecule has 2 aliphatic heterocycles. The summed E-state index contributed by atoms with van der Waals surface area (Å²) in [4.78, 5) is 35.3. The van der Waals surface area contributed by atoms with Crippen molar-refractivity contribution < 1.29 is 9.53 Å². The Morgan fingerprint density at radius 2 is 2.06 bits per heavy atom. The summed E-state index contributed by atoms with van der Waals surface area (Å²) in [6.45, 7) is 7.82. The highest BCUT2D eigenvalue weighted by Crippen LogP contribution is 2.26. The Balaban J connectivity index is 1.24. The molecule has 1 N–H and O–H groups in total. The number of anilines is 2. The second-order valence-electron chi connectivity index (χ2n) is 8.93. The number of nitriles is 1. The molecule has 2 aromatic rings. The molecule has 2 aliphatic rings. The number of ether oxygens (including phenoxy) is 1. The van der Waals surface area contributed by atoms with E-state index in [1.807, 2.05) is 24.8 Å². The van der Waals surface area contributed by atoms with E-state index in [9.17, 15) is 9.59 Å². The maximum atomic E-state index is 12.8. The van der Waals surface area contributed by atoms with Crippen molar-refractivity contribution in [3.05, 3.63) is 46.0 Å². The predicted molar refractivity (Wildman–Crippen MR) is 128 cm³/mol. The van der Waals surface area contributed by atoms with Crippen LogP contribution in [0.3, 0.4) is 0 Å². The van der Waals surface area contributed by atoms with Crippen molar-refractivity contribution in [1.82, 2.24) is 20.1 Å². The van der Waals surface area contributed by atoms with E-state index >= 15 is 0 Å². The highest BCUT2D eigenvalue weighted by Gasteiger charge is 2.28. The van der Waals surface area contributed by atoms with E-state index in [4.69, 9.17) is 10.00 Å². The van der Waals surface area contributed by atoms with Gasteiger partial charge in [0.25, 0.3) is 5.56 Å². The molecule has 1 amide bonds. The number of hydrogen-bond donors (Lipinski definition) is 1. The van der Waals surface area contributed by atoms with Crippen LogP contribution >= 0.6 is 0 Å². The van der Waals surface area contributed by atoms with Crippen molar-refractivity contribution in [1.29, 1.82) is 5.26 Å². The van der Waals surface area contributed by atoms with Gasteiger partial charge in [0.1, 0.15) is 11.9 Å². The van der Waals surface area contributed by atoms with Gasteiger partial charge in [0.05, 0.1) is 42.6 Å². The smallest absolute Gasteiger partial charge is 0.269 e. The molecule has 0 saturated carbocycles. The molecule has 2 saturated heterocycles. The van der Waals surface area contributed by atoms with E-state index in [-0.39, 0.29) is 23.6 Å². The number of H-pyrrole nitrogens is 1. The molecule has 10 nitrogen and oxygen atoms in total. The van der Waals surface area contributed by atoms with Gasteiger partial charge in [-0.05, 0) is 38.8 Å². The topological polar surface area (TPSA) is 118 Å². The molecule has 180 valence electrons. The third kappa shape index (κ3) is 5.37. The van der Waals surface area contributed by atoms with E-state index in [1.165, 1.54) is 0 Å². The van der Waals surface area contributed by atoms with Crippen LogP contribution in [0.2, 0.25) is 0 Å². The number of hydrogen-bond acceptors (Lipinski definition) is 8. The lowest BCUT2D eigenvalue weighted by Gasteiger charge is -2.36. The molecule has 0 aromatic carbocycles. The minimum absolute atomic E-state index is 0.0952. The van der Waals surface area contributed by atoms with Gasteiger partial charge >= 0.3 is 0 Å². The molecule has 0 unspecified atom stereocenters. The number of nitrogens with one attached hydrogen (secondary N) is 1. The van der Waals surface area contributed by atoms with Crippen LogP contribution in [0.4, 0.5) is 11.5 Å². The van der Waals surface area contributed by atoms with Gasteiger partial charge in [-0.15, -0.1) is 0 Å². The quantitative estimate of drug-likeness (QED) is 0.653. The Morgan fingerprint density at radius 1 is 1.26 bits per heavy atom. The van der Waals surface area contributed by atoms with E-state index in [0.29, 0.717) is 50.3 Å². The van der Waals surface area contributed by atoms with Crippen LogP contribution in [0.1, 0.15) is 37.3 Å². The van der Waals surface area contributed by atoms with Crippen molar-refractivity contribution in [2.75, 3.05) is 49.1 Å². The minimum Gasteiger partial charge on any atom is -0.376 e. The van der Waals surface area contributed by atoms with Crippen LogP contribution in [0.5, 0.6) is 0 Å². The summed E-state index contributed by atoms with van der Waals surface area (Å²) in [5.41, 5.74) is 1.89. The standard InChI is InChI=1S/C24H31N7O3/c1-17(34-16-20-4-3-7-31(20)21-15-27-28-24(33)18(21)2)12-23(32)30-10-8-29(9-11-30)22-6-5-19(13-25)14-26-22/h5-6,14-15,17,20H,3-4,7-12,16H2,1-2H3,(H,28,33)/t17-,20-/m0/s1. The molecule has 2 fully saturated rings. The first-order valence-electron chi connectivity index (χ1n) is 11.8. The largest absolute Gasteiger partial charge is 0.376 e. The second kappa shape index (κ2) is 10.7. The Labute approximate surface area is 199 Å². The number of amides is 1. The minimum atomic E-state index is -0.188. The molecule has 4 rings (SSSR count). The number of pyridine rings is 1. The van der Waals surface area contributed by atoms with Gasteiger partial charge in [-0.25, -0.2) is 10.1 Å². The fourth-order valence-corrected chi connectivity index (χ4v) is 4.60. The van der Waals surface area contributed by atoms with Gasteiger partial charge in [0.2, 0.25) is 5.91 Å². The second-order valence-corrected chi connectivity index (χ2v) is 8.93. The number of rotatable bonds is 7. The summed E-state index contributed by atoms with van der Waals surface area (Å²) >= 11 is 0. The first kappa shape index (κ1) is 23.7. The van der Waals surface area contributed by atoms with Crippen LogP contribution < -0.4 is 15.4 Å². The van der Waals surface area contributed by atoms with Crippen LogP contribution in [0.25, 0.3) is 0 Å². The third-order valence-corrected chi connectivity index (χ3v) is 6.63. The molecular weight excluding hydrogens is 434 g/mol. The van der Waals surface area contributed by atoms with Crippen molar-refractivity contribution in [3.8, 4) is 6.07 Å². The Kier molecular flexibility index (Phi) is 7.43. The lowest BCUT2D eigenvalue weighted by atomic mass is 10.2. The third-order valence-electron chi connectivity index (χ3n) is 6.63. The normalized spacial score (nSPS) is 19.2. The number of carbonyl (C=O) groups is 1. The van der Waals surface area contributed by atoms with E-state index < -0.39 is 0 Å². The number of piperazine rings is 1. The first-order chi connectivity index (χ1) is 16.5. The van der Waals surface area contributed by atoms with Crippen molar-refractivity contribution in [2.24, 2.45) is 0 Å². The monoisotopic (exact) mass is 465 g/mol. The van der Waals surface area contributed by atoms with Crippen molar-refractivity contribution >= 4 is 17.4 Å². The molecule has 10 heteroatoms. The summed E-state index contributed by atoms with van der Waals surface area (Å²) in [7, 11) is 0. The lowest BCUT2D eigenvalue weighted by Crippen LogP contribution is -2.49. The number of aromatic amines is 1. The van der Waals surface area contributed by atoms with E-state index in [1.54, 1.807) is 18.5 Å². The molecule has 0 bridgehead atoms.